The van der Waals surface area contributed by atoms with Gasteiger partial charge >= 0.3 is 11.9 Å². The van der Waals surface area contributed by atoms with Gasteiger partial charge in [-0.1, -0.05) is 53.0 Å². The van der Waals surface area contributed by atoms with Crippen molar-refractivity contribution in [3.05, 3.63) is 11.6 Å². The van der Waals surface area contributed by atoms with E-state index in [-0.39, 0.29) is 11.5 Å². The second kappa shape index (κ2) is 9.59. The normalized spacial score (nSPS) is 14.9. The fraction of sp³-hybridized carbons (Fsp3) is 0.765. The van der Waals surface area contributed by atoms with E-state index in [1.165, 1.54) is 0 Å². The van der Waals surface area contributed by atoms with Crippen LogP contribution < -0.4 is 0 Å². The van der Waals surface area contributed by atoms with Crippen molar-refractivity contribution >= 4 is 11.9 Å². The van der Waals surface area contributed by atoms with E-state index in [4.69, 9.17) is 4.74 Å². The lowest BCUT2D eigenvalue weighted by Crippen LogP contribution is -2.34. The highest BCUT2D eigenvalue weighted by molar-refractivity contribution is 5.97. The third kappa shape index (κ3) is 6.32. The van der Waals surface area contributed by atoms with Gasteiger partial charge in [0.2, 0.25) is 0 Å². The first-order valence-electron chi connectivity index (χ1n) is 7.92. The van der Waals surface area contributed by atoms with Gasteiger partial charge in [-0.2, -0.15) is 0 Å². The van der Waals surface area contributed by atoms with Crippen molar-refractivity contribution in [3.63, 3.8) is 0 Å². The first kappa shape index (κ1) is 19.7. The molecule has 0 aliphatic heterocycles. The quantitative estimate of drug-likeness (QED) is 0.373. The molecule has 4 heteroatoms. The van der Waals surface area contributed by atoms with E-state index in [1.54, 1.807) is 13.0 Å². The van der Waals surface area contributed by atoms with E-state index in [0.717, 1.165) is 25.7 Å². The lowest BCUT2D eigenvalue weighted by atomic mass is 9.76. The zero-order valence-electron chi connectivity index (χ0n) is 14.1. The Morgan fingerprint density at radius 3 is 2.19 bits per heavy atom. The number of hydrogen-bond acceptors (Lipinski definition) is 3. The van der Waals surface area contributed by atoms with E-state index in [9.17, 15) is 14.7 Å². The average Bonchev–Trinajstić information content (AvgIpc) is 2.41. The predicted molar refractivity (Wildman–Crippen MR) is 84.1 cm³/mol. The number of carboxylic acids is 1. The summed E-state index contributed by atoms with van der Waals surface area (Å²) in [5.74, 6) is -1.35. The van der Waals surface area contributed by atoms with Crippen molar-refractivity contribution in [1.82, 2.24) is 0 Å². The maximum absolute atomic E-state index is 12.3. The molecular formula is C17H30O4. The minimum absolute atomic E-state index is 0.0963. The first-order chi connectivity index (χ1) is 9.79. The molecule has 0 fully saturated rings. The Bertz CT molecular complexity index is 371. The van der Waals surface area contributed by atoms with Crippen LogP contribution in [0.1, 0.15) is 66.7 Å². The molecular weight excluding hydrogens is 268 g/mol. The molecule has 0 spiro atoms. The number of aliphatic carboxylic acids is 1. The second-order valence-corrected chi connectivity index (χ2v) is 6.05. The molecule has 0 aliphatic carbocycles. The van der Waals surface area contributed by atoms with Crippen molar-refractivity contribution in [2.45, 2.75) is 66.7 Å². The lowest BCUT2D eigenvalue weighted by molar-refractivity contribution is -0.151. The Morgan fingerprint density at radius 2 is 1.76 bits per heavy atom. The highest BCUT2D eigenvalue weighted by Crippen LogP contribution is 2.35. The number of esters is 1. The van der Waals surface area contributed by atoms with Gasteiger partial charge in [-0.3, -0.25) is 4.79 Å². The second-order valence-electron chi connectivity index (χ2n) is 6.05. The van der Waals surface area contributed by atoms with E-state index in [0.29, 0.717) is 13.0 Å². The number of rotatable bonds is 10. The summed E-state index contributed by atoms with van der Waals surface area (Å²) in [6, 6.07) is 0. The van der Waals surface area contributed by atoms with Gasteiger partial charge in [-0.05, 0) is 25.7 Å². The van der Waals surface area contributed by atoms with E-state index in [2.05, 4.69) is 0 Å². The predicted octanol–water partition coefficient (Wildman–Crippen LogP) is 4.19. The summed E-state index contributed by atoms with van der Waals surface area (Å²) in [6.07, 6.45) is 5.56. The van der Waals surface area contributed by atoms with Gasteiger partial charge in [0.15, 0.2) is 0 Å². The maximum Gasteiger partial charge on any atom is 0.334 e. The van der Waals surface area contributed by atoms with Crippen LogP contribution in [0.25, 0.3) is 0 Å². The van der Waals surface area contributed by atoms with Gasteiger partial charge in [-0.15, -0.1) is 0 Å². The summed E-state index contributed by atoms with van der Waals surface area (Å²) in [5, 5.41) is 9.61. The molecule has 0 radical (unpaired) electrons. The number of unbranched alkanes of at least 4 members (excludes halogenated alkanes) is 2. The van der Waals surface area contributed by atoms with Crippen LogP contribution in [0.15, 0.2) is 11.6 Å². The van der Waals surface area contributed by atoms with Crippen LogP contribution in [-0.4, -0.2) is 23.7 Å². The third-order valence-electron chi connectivity index (χ3n) is 3.55. The smallest absolute Gasteiger partial charge is 0.334 e. The minimum atomic E-state index is -1.18. The van der Waals surface area contributed by atoms with Gasteiger partial charge in [0.25, 0.3) is 0 Å². The summed E-state index contributed by atoms with van der Waals surface area (Å²) in [4.78, 5) is 24.0. The molecule has 0 aliphatic rings. The summed E-state index contributed by atoms with van der Waals surface area (Å²) in [5.41, 5.74) is -0.890. The van der Waals surface area contributed by atoms with Crippen LogP contribution in [0, 0.1) is 11.3 Å². The molecule has 122 valence electrons. The molecule has 0 bridgehead atoms. The number of carbonyl (C=O) groups is 2. The average molecular weight is 298 g/mol. The number of carboxylic acid groups (broad SMARTS) is 1. The molecule has 0 aromatic carbocycles. The number of carbonyl (C=O) groups excluding carboxylic acids is 1. The van der Waals surface area contributed by atoms with E-state index in [1.807, 2.05) is 27.7 Å². The van der Waals surface area contributed by atoms with Crippen molar-refractivity contribution in [3.8, 4) is 0 Å². The third-order valence-corrected chi connectivity index (χ3v) is 3.55. The molecule has 0 saturated heterocycles. The van der Waals surface area contributed by atoms with Crippen molar-refractivity contribution < 1.29 is 19.4 Å². The van der Waals surface area contributed by atoms with Crippen LogP contribution in [0.3, 0.4) is 0 Å². The van der Waals surface area contributed by atoms with Gasteiger partial charge in [-0.25, -0.2) is 4.79 Å². The maximum atomic E-state index is 12.3. The molecule has 1 atom stereocenters. The zero-order chi connectivity index (χ0) is 16.5. The van der Waals surface area contributed by atoms with Gasteiger partial charge < -0.3 is 9.84 Å². The minimum Gasteiger partial charge on any atom is -0.481 e. The molecule has 0 amide bonds. The fourth-order valence-electron chi connectivity index (χ4n) is 2.08. The summed E-state index contributed by atoms with van der Waals surface area (Å²) >= 11 is 0. The highest BCUT2D eigenvalue weighted by atomic mass is 16.5. The summed E-state index contributed by atoms with van der Waals surface area (Å²) in [6.45, 7) is 9.85. The van der Waals surface area contributed by atoms with Crippen LogP contribution in [0.2, 0.25) is 0 Å². The van der Waals surface area contributed by atoms with Crippen molar-refractivity contribution in [2.24, 2.45) is 11.3 Å². The molecule has 4 nitrogen and oxygen atoms in total. The van der Waals surface area contributed by atoms with Crippen LogP contribution >= 0.6 is 0 Å². The number of ether oxygens (including phenoxy) is 1. The van der Waals surface area contributed by atoms with E-state index < -0.39 is 17.4 Å². The van der Waals surface area contributed by atoms with E-state index >= 15 is 0 Å². The molecule has 0 rings (SSSR count). The Morgan fingerprint density at radius 1 is 1.19 bits per heavy atom. The molecule has 0 aromatic rings. The fourth-order valence-corrected chi connectivity index (χ4v) is 2.08. The van der Waals surface area contributed by atoms with Crippen molar-refractivity contribution in [2.75, 3.05) is 6.61 Å². The highest BCUT2D eigenvalue weighted by Gasteiger charge is 2.41. The molecule has 21 heavy (non-hydrogen) atoms. The number of hydrogen-bond donors (Lipinski definition) is 1. The first-order valence-corrected chi connectivity index (χ1v) is 7.92. The van der Waals surface area contributed by atoms with Gasteiger partial charge in [0.1, 0.15) is 0 Å². The molecule has 0 heterocycles. The van der Waals surface area contributed by atoms with Crippen molar-refractivity contribution in [1.29, 1.82) is 0 Å². The summed E-state index contributed by atoms with van der Waals surface area (Å²) < 4.78 is 5.25. The SMILES string of the molecule is CCCCOC(=O)C(=CC(C)C)C(C)(CCCC)C(=O)O. The Balaban J connectivity index is 5.35. The Kier molecular flexibility index (Phi) is 8.98. The van der Waals surface area contributed by atoms with Crippen LogP contribution in [0.4, 0.5) is 0 Å². The van der Waals surface area contributed by atoms with Crippen LogP contribution in [-0.2, 0) is 14.3 Å². The standard InChI is InChI=1S/C17H30O4/c1-6-8-10-17(5,16(19)20)14(12-13(3)4)15(18)21-11-9-7-2/h12-13H,6-11H2,1-5H3,(H,19,20). The monoisotopic (exact) mass is 298 g/mol. The Labute approximate surface area is 128 Å². The lowest BCUT2D eigenvalue weighted by Gasteiger charge is -2.27. The molecule has 0 aromatic heterocycles. The van der Waals surface area contributed by atoms with Gasteiger partial charge in [0, 0.05) is 0 Å². The molecule has 1 N–H and O–H groups in total. The van der Waals surface area contributed by atoms with Gasteiger partial charge in [0.05, 0.1) is 17.6 Å². The molecule has 0 saturated carbocycles. The topological polar surface area (TPSA) is 63.6 Å². The zero-order valence-corrected chi connectivity index (χ0v) is 14.1. The number of allylic oxidation sites excluding steroid dienone is 1. The Hall–Kier alpha value is -1.32. The molecule has 1 unspecified atom stereocenters. The largest absolute Gasteiger partial charge is 0.481 e. The summed E-state index contributed by atoms with van der Waals surface area (Å²) in [7, 11) is 0. The van der Waals surface area contributed by atoms with Crippen LogP contribution in [0.5, 0.6) is 0 Å².